The minimum absolute atomic E-state index is 0.0145. The number of esters is 1. The first-order chi connectivity index (χ1) is 9.95. The third-order valence-electron chi connectivity index (χ3n) is 3.72. The van der Waals surface area contributed by atoms with E-state index in [1.54, 1.807) is 0 Å². The lowest BCUT2D eigenvalue weighted by molar-refractivity contribution is -0.870. The molecule has 0 aromatic carbocycles. The molecule has 0 aromatic heterocycles. The Morgan fingerprint density at radius 1 is 0.810 bits per heavy atom. The Bertz CT molecular complexity index is 246. The van der Waals surface area contributed by atoms with Gasteiger partial charge in [0.15, 0.2) is 0 Å². The van der Waals surface area contributed by atoms with Crippen LogP contribution in [-0.2, 0) is 9.53 Å². The second-order valence-corrected chi connectivity index (χ2v) is 7.17. The van der Waals surface area contributed by atoms with Gasteiger partial charge in [-0.3, -0.25) is 4.79 Å². The molecule has 0 spiro atoms. The topological polar surface area (TPSA) is 26.3 Å². The van der Waals surface area contributed by atoms with Crippen LogP contribution in [0.4, 0.5) is 0 Å². The molecule has 0 saturated heterocycles. The minimum atomic E-state index is -0.0145. The quantitative estimate of drug-likeness (QED) is 0.267. The van der Waals surface area contributed by atoms with Gasteiger partial charge < -0.3 is 9.22 Å². The van der Waals surface area contributed by atoms with Crippen LogP contribution in [0.25, 0.3) is 0 Å². The highest BCUT2D eigenvalue weighted by atomic mass is 16.5. The lowest BCUT2D eigenvalue weighted by atomic mass is 10.1. The highest BCUT2D eigenvalue weighted by Gasteiger charge is 2.07. The van der Waals surface area contributed by atoms with Crippen molar-refractivity contribution in [1.29, 1.82) is 0 Å². The third kappa shape index (κ3) is 17.4. The first kappa shape index (κ1) is 20.4. The fourth-order valence-corrected chi connectivity index (χ4v) is 2.38. The fourth-order valence-electron chi connectivity index (χ4n) is 2.38. The molecule has 0 amide bonds. The molecule has 0 aromatic rings. The maximum absolute atomic E-state index is 11.5. The summed E-state index contributed by atoms with van der Waals surface area (Å²) in [6.45, 7) is 3.87. The Labute approximate surface area is 132 Å². The predicted octanol–water partition coefficient (Wildman–Crippen LogP) is 4.55. The molecule has 0 saturated carbocycles. The van der Waals surface area contributed by atoms with E-state index in [1.807, 2.05) is 0 Å². The summed E-state index contributed by atoms with van der Waals surface area (Å²) in [7, 11) is 6.47. The van der Waals surface area contributed by atoms with Crippen molar-refractivity contribution in [3.8, 4) is 0 Å². The summed E-state index contributed by atoms with van der Waals surface area (Å²) in [5, 5.41) is 0. The number of ether oxygens (including phenoxy) is 1. The number of quaternary nitrogens is 1. The lowest BCUT2D eigenvalue weighted by Crippen LogP contribution is -2.35. The number of nitrogens with zero attached hydrogens (tertiary/aromatic N) is 1. The summed E-state index contributed by atoms with van der Waals surface area (Å²) in [6.07, 6.45) is 13.1. The smallest absolute Gasteiger partial charge is 0.305 e. The molecule has 0 heterocycles. The van der Waals surface area contributed by atoms with Gasteiger partial charge in [0.25, 0.3) is 0 Å². The van der Waals surface area contributed by atoms with E-state index in [-0.39, 0.29) is 5.97 Å². The summed E-state index contributed by atoms with van der Waals surface area (Å²) >= 11 is 0. The van der Waals surface area contributed by atoms with Gasteiger partial charge in [0.05, 0.1) is 34.3 Å². The number of unbranched alkanes of at least 4 members (excludes halogenated alkanes) is 8. The van der Waals surface area contributed by atoms with Crippen molar-refractivity contribution in [1.82, 2.24) is 0 Å². The van der Waals surface area contributed by atoms with Gasteiger partial charge in [-0.05, 0) is 6.42 Å². The maximum atomic E-state index is 11.5. The first-order valence-electron chi connectivity index (χ1n) is 8.92. The van der Waals surface area contributed by atoms with E-state index in [1.165, 1.54) is 51.4 Å². The van der Waals surface area contributed by atoms with Gasteiger partial charge in [0, 0.05) is 12.8 Å². The molecule has 0 aliphatic heterocycles. The van der Waals surface area contributed by atoms with Crippen molar-refractivity contribution in [3.05, 3.63) is 0 Å². The van der Waals surface area contributed by atoms with Crippen LogP contribution < -0.4 is 0 Å². The first-order valence-corrected chi connectivity index (χ1v) is 8.92. The summed E-state index contributed by atoms with van der Waals surface area (Å²) in [5.41, 5.74) is 0. The molecular formula is C18H38NO2+. The Kier molecular flexibility index (Phi) is 12.8. The largest absolute Gasteiger partial charge is 0.465 e. The van der Waals surface area contributed by atoms with Crippen molar-refractivity contribution in [2.45, 2.75) is 77.6 Å². The van der Waals surface area contributed by atoms with Crippen molar-refractivity contribution in [3.63, 3.8) is 0 Å². The Morgan fingerprint density at radius 2 is 1.33 bits per heavy atom. The zero-order valence-corrected chi connectivity index (χ0v) is 15.0. The second kappa shape index (κ2) is 13.1. The standard InChI is InChI=1S/C18H38NO2/c1-5-6-7-8-9-10-11-12-13-15-18(20)21-17-14-16-19(2,3)4/h5-17H2,1-4H3/q+1. The molecule has 126 valence electrons. The summed E-state index contributed by atoms with van der Waals surface area (Å²) in [6, 6.07) is 0. The summed E-state index contributed by atoms with van der Waals surface area (Å²) < 4.78 is 6.19. The van der Waals surface area contributed by atoms with E-state index in [9.17, 15) is 4.79 Å². The van der Waals surface area contributed by atoms with Crippen molar-refractivity contribution in [2.24, 2.45) is 0 Å². The second-order valence-electron chi connectivity index (χ2n) is 7.17. The third-order valence-corrected chi connectivity index (χ3v) is 3.72. The zero-order valence-electron chi connectivity index (χ0n) is 15.0. The Balaban J connectivity index is 3.23. The molecule has 0 aliphatic rings. The van der Waals surface area contributed by atoms with Crippen molar-refractivity contribution >= 4 is 5.97 Å². The van der Waals surface area contributed by atoms with Crippen LogP contribution in [0.15, 0.2) is 0 Å². The van der Waals surface area contributed by atoms with Gasteiger partial charge >= 0.3 is 5.97 Å². The number of hydrogen-bond donors (Lipinski definition) is 0. The van der Waals surface area contributed by atoms with Gasteiger partial charge in [0.2, 0.25) is 0 Å². The average molecular weight is 301 g/mol. The van der Waals surface area contributed by atoms with Crippen LogP contribution in [0.1, 0.15) is 77.6 Å². The van der Waals surface area contributed by atoms with Crippen LogP contribution in [0.2, 0.25) is 0 Å². The molecule has 0 radical (unpaired) electrons. The Morgan fingerprint density at radius 3 is 1.86 bits per heavy atom. The lowest BCUT2D eigenvalue weighted by Gasteiger charge is -2.23. The molecule has 0 unspecified atom stereocenters. The van der Waals surface area contributed by atoms with Crippen LogP contribution in [0.5, 0.6) is 0 Å². The van der Waals surface area contributed by atoms with Crippen LogP contribution in [0, 0.1) is 0 Å². The number of hydrogen-bond acceptors (Lipinski definition) is 2. The molecule has 0 aliphatic carbocycles. The molecule has 21 heavy (non-hydrogen) atoms. The van der Waals surface area contributed by atoms with E-state index in [0.29, 0.717) is 13.0 Å². The molecule has 0 rings (SSSR count). The van der Waals surface area contributed by atoms with E-state index in [2.05, 4.69) is 28.1 Å². The normalized spacial score (nSPS) is 11.6. The van der Waals surface area contributed by atoms with E-state index >= 15 is 0 Å². The van der Waals surface area contributed by atoms with Gasteiger partial charge in [0.1, 0.15) is 0 Å². The number of carbonyl (C=O) groups excluding carboxylic acids is 1. The molecule has 0 bridgehead atoms. The number of rotatable bonds is 14. The van der Waals surface area contributed by atoms with Crippen LogP contribution in [-0.4, -0.2) is 44.7 Å². The van der Waals surface area contributed by atoms with Crippen LogP contribution in [0.3, 0.4) is 0 Å². The molecule has 0 N–H and O–H groups in total. The van der Waals surface area contributed by atoms with Gasteiger partial charge in [-0.2, -0.15) is 0 Å². The SMILES string of the molecule is CCCCCCCCCCCC(=O)OCCC[N+](C)(C)C. The molecule has 3 nitrogen and oxygen atoms in total. The minimum Gasteiger partial charge on any atom is -0.465 e. The fraction of sp³-hybridized carbons (Fsp3) is 0.944. The van der Waals surface area contributed by atoms with Gasteiger partial charge in [-0.25, -0.2) is 0 Å². The highest BCUT2D eigenvalue weighted by Crippen LogP contribution is 2.10. The molecule has 0 fully saturated rings. The summed E-state index contributed by atoms with van der Waals surface area (Å²) in [5.74, 6) is -0.0145. The predicted molar refractivity (Wildman–Crippen MR) is 90.3 cm³/mol. The van der Waals surface area contributed by atoms with E-state index in [0.717, 1.165) is 23.9 Å². The summed E-state index contributed by atoms with van der Waals surface area (Å²) in [4.78, 5) is 11.5. The van der Waals surface area contributed by atoms with E-state index in [4.69, 9.17) is 4.74 Å². The monoisotopic (exact) mass is 300 g/mol. The molecule has 0 atom stereocenters. The zero-order chi connectivity index (χ0) is 16.0. The Hall–Kier alpha value is -0.570. The maximum Gasteiger partial charge on any atom is 0.305 e. The molecular weight excluding hydrogens is 262 g/mol. The average Bonchev–Trinajstić information content (AvgIpc) is 2.41. The van der Waals surface area contributed by atoms with E-state index < -0.39 is 0 Å². The van der Waals surface area contributed by atoms with Gasteiger partial charge in [-0.1, -0.05) is 58.3 Å². The van der Waals surface area contributed by atoms with Crippen LogP contribution >= 0.6 is 0 Å². The van der Waals surface area contributed by atoms with Gasteiger partial charge in [-0.15, -0.1) is 0 Å². The molecule has 3 heteroatoms. The van der Waals surface area contributed by atoms with Crippen molar-refractivity contribution < 1.29 is 14.0 Å². The number of carbonyl (C=O) groups is 1. The highest BCUT2D eigenvalue weighted by molar-refractivity contribution is 5.69. The van der Waals surface area contributed by atoms with Crippen molar-refractivity contribution in [2.75, 3.05) is 34.3 Å².